The van der Waals surface area contributed by atoms with E-state index in [1.807, 2.05) is 0 Å². The quantitative estimate of drug-likeness (QED) is 0.811. The van der Waals surface area contributed by atoms with Crippen molar-refractivity contribution in [2.45, 2.75) is 6.18 Å². The number of halogens is 3. The molecule has 0 bridgehead atoms. The minimum atomic E-state index is -4.67. The number of nitrogens with zero attached hydrogens (tertiary/aromatic N) is 1. The summed E-state index contributed by atoms with van der Waals surface area (Å²) in [4.78, 5) is 15.1. The molecule has 1 aromatic heterocycles. The smallest absolute Gasteiger partial charge is 0.420 e. The van der Waals surface area contributed by atoms with E-state index >= 15 is 0 Å². The highest BCUT2D eigenvalue weighted by Crippen LogP contribution is 2.38. The summed E-state index contributed by atoms with van der Waals surface area (Å²) in [6.45, 7) is 0. The number of hydrogen-bond donors (Lipinski definition) is 0. The van der Waals surface area contributed by atoms with Crippen LogP contribution in [0.4, 0.5) is 13.2 Å². The van der Waals surface area contributed by atoms with E-state index in [2.05, 4.69) is 9.72 Å². The van der Waals surface area contributed by atoms with Crippen molar-refractivity contribution in [2.75, 3.05) is 7.11 Å². The van der Waals surface area contributed by atoms with Crippen molar-refractivity contribution >= 4 is 5.97 Å². The number of pyridine rings is 1. The van der Waals surface area contributed by atoms with Crippen LogP contribution in [0.15, 0.2) is 42.7 Å². The summed E-state index contributed by atoms with van der Waals surface area (Å²) in [5, 5.41) is 0. The van der Waals surface area contributed by atoms with E-state index in [0.717, 1.165) is 13.2 Å². The number of alkyl halides is 3. The molecule has 0 atom stereocenters. The van der Waals surface area contributed by atoms with E-state index in [1.165, 1.54) is 30.6 Å². The number of ether oxygens (including phenoxy) is 2. The zero-order valence-corrected chi connectivity index (χ0v) is 10.8. The van der Waals surface area contributed by atoms with Gasteiger partial charge in [0, 0.05) is 6.20 Å². The molecule has 0 fully saturated rings. The Bertz CT molecular complexity index is 642. The molecule has 2 aromatic rings. The molecule has 0 saturated carbocycles. The van der Waals surface area contributed by atoms with Crippen molar-refractivity contribution in [3.63, 3.8) is 0 Å². The molecular weight excluding hydrogens is 287 g/mol. The minimum Gasteiger partial charge on any atom is -0.465 e. The number of benzene rings is 1. The van der Waals surface area contributed by atoms with Gasteiger partial charge in [0.1, 0.15) is 11.5 Å². The molecule has 1 aromatic carbocycles. The van der Waals surface area contributed by atoms with Crippen LogP contribution in [0.2, 0.25) is 0 Å². The Hall–Kier alpha value is -2.57. The van der Waals surface area contributed by atoms with Gasteiger partial charge in [0.25, 0.3) is 0 Å². The highest BCUT2D eigenvalue weighted by Gasteiger charge is 2.35. The predicted molar refractivity (Wildman–Crippen MR) is 67.1 cm³/mol. The Labute approximate surface area is 118 Å². The number of carbonyl (C=O) groups excluding carboxylic acids is 1. The van der Waals surface area contributed by atoms with E-state index in [4.69, 9.17) is 4.74 Å². The Balaban J connectivity index is 2.43. The second-order valence-electron chi connectivity index (χ2n) is 3.99. The van der Waals surface area contributed by atoms with Gasteiger partial charge in [-0.05, 0) is 30.3 Å². The fourth-order valence-corrected chi connectivity index (χ4v) is 1.62. The molecular formula is C14H10F3NO3. The minimum absolute atomic E-state index is 0.161. The van der Waals surface area contributed by atoms with Crippen molar-refractivity contribution in [3.05, 3.63) is 53.9 Å². The molecule has 0 amide bonds. The molecule has 1 heterocycles. The van der Waals surface area contributed by atoms with Gasteiger partial charge >= 0.3 is 12.1 Å². The van der Waals surface area contributed by atoms with Crippen LogP contribution in [0.1, 0.15) is 15.9 Å². The molecule has 110 valence electrons. The third kappa shape index (κ3) is 3.50. The predicted octanol–water partition coefficient (Wildman–Crippen LogP) is 3.68. The lowest BCUT2D eigenvalue weighted by Crippen LogP contribution is -2.10. The summed E-state index contributed by atoms with van der Waals surface area (Å²) >= 11 is 0. The second kappa shape index (κ2) is 5.82. The SMILES string of the molecule is COC(=O)c1ccc(Oc2cccnc2)c(C(F)(F)F)c1. The van der Waals surface area contributed by atoms with Crippen molar-refractivity contribution in [3.8, 4) is 11.5 Å². The maximum Gasteiger partial charge on any atom is 0.420 e. The van der Waals surface area contributed by atoms with Crippen LogP contribution in [-0.2, 0) is 10.9 Å². The second-order valence-corrected chi connectivity index (χ2v) is 3.99. The topological polar surface area (TPSA) is 48.4 Å². The molecule has 2 rings (SSSR count). The molecule has 21 heavy (non-hydrogen) atoms. The first-order valence-corrected chi connectivity index (χ1v) is 5.79. The van der Waals surface area contributed by atoms with Gasteiger partial charge in [0.05, 0.1) is 24.4 Å². The molecule has 0 aliphatic rings. The standard InChI is InChI=1S/C14H10F3NO3/c1-20-13(19)9-4-5-12(11(7-9)14(15,16)17)21-10-3-2-6-18-8-10/h2-8H,1H3. The van der Waals surface area contributed by atoms with Crippen LogP contribution in [0.5, 0.6) is 11.5 Å². The van der Waals surface area contributed by atoms with Crippen LogP contribution in [0, 0.1) is 0 Å². The molecule has 0 radical (unpaired) electrons. The molecule has 0 aliphatic heterocycles. The van der Waals surface area contributed by atoms with Crippen molar-refractivity contribution in [2.24, 2.45) is 0 Å². The largest absolute Gasteiger partial charge is 0.465 e. The van der Waals surface area contributed by atoms with Gasteiger partial charge in [-0.25, -0.2) is 4.79 Å². The highest BCUT2D eigenvalue weighted by molar-refractivity contribution is 5.89. The summed E-state index contributed by atoms with van der Waals surface area (Å²) < 4.78 is 48.7. The monoisotopic (exact) mass is 297 g/mol. The Kier molecular flexibility index (Phi) is 4.11. The van der Waals surface area contributed by atoms with E-state index in [9.17, 15) is 18.0 Å². The number of esters is 1. The summed E-state index contributed by atoms with van der Waals surface area (Å²) in [5.74, 6) is -1.11. The van der Waals surface area contributed by atoms with Gasteiger partial charge < -0.3 is 9.47 Å². The summed E-state index contributed by atoms with van der Waals surface area (Å²) in [7, 11) is 1.09. The number of aromatic nitrogens is 1. The molecule has 0 spiro atoms. The Morgan fingerprint density at radius 2 is 2.00 bits per heavy atom. The molecule has 4 nitrogen and oxygen atoms in total. The molecule has 7 heteroatoms. The van der Waals surface area contributed by atoms with Crippen molar-refractivity contribution < 1.29 is 27.4 Å². The van der Waals surface area contributed by atoms with E-state index in [1.54, 1.807) is 0 Å². The first-order chi connectivity index (χ1) is 9.91. The lowest BCUT2D eigenvalue weighted by molar-refractivity contribution is -0.138. The maximum atomic E-state index is 13.1. The van der Waals surface area contributed by atoms with Crippen LogP contribution in [0.25, 0.3) is 0 Å². The Morgan fingerprint density at radius 1 is 1.24 bits per heavy atom. The maximum absolute atomic E-state index is 13.1. The van der Waals surface area contributed by atoms with E-state index < -0.39 is 23.5 Å². The molecule has 0 aliphatic carbocycles. The summed E-state index contributed by atoms with van der Waals surface area (Å²) in [5.41, 5.74) is -1.27. The van der Waals surface area contributed by atoms with E-state index in [-0.39, 0.29) is 11.3 Å². The van der Waals surface area contributed by atoms with Gasteiger partial charge in [0.2, 0.25) is 0 Å². The molecule has 0 N–H and O–H groups in total. The Morgan fingerprint density at radius 3 is 2.57 bits per heavy atom. The normalized spacial score (nSPS) is 11.0. The van der Waals surface area contributed by atoms with Crippen LogP contribution in [0.3, 0.4) is 0 Å². The van der Waals surface area contributed by atoms with Crippen LogP contribution < -0.4 is 4.74 Å². The zero-order chi connectivity index (χ0) is 15.5. The number of carbonyl (C=O) groups is 1. The average Bonchev–Trinajstić information content (AvgIpc) is 2.47. The number of methoxy groups -OCH3 is 1. The fraction of sp³-hybridized carbons (Fsp3) is 0.143. The van der Waals surface area contributed by atoms with Gasteiger partial charge in [-0.15, -0.1) is 0 Å². The van der Waals surface area contributed by atoms with Gasteiger partial charge in [-0.2, -0.15) is 13.2 Å². The van der Waals surface area contributed by atoms with Crippen molar-refractivity contribution in [1.29, 1.82) is 0 Å². The lowest BCUT2D eigenvalue weighted by Gasteiger charge is -2.14. The van der Waals surface area contributed by atoms with Gasteiger partial charge in [0.15, 0.2) is 0 Å². The number of rotatable bonds is 3. The summed E-state index contributed by atoms with van der Waals surface area (Å²) in [6.07, 6.45) is -1.91. The van der Waals surface area contributed by atoms with Crippen molar-refractivity contribution in [1.82, 2.24) is 4.98 Å². The van der Waals surface area contributed by atoms with Gasteiger partial charge in [-0.3, -0.25) is 4.98 Å². The first-order valence-electron chi connectivity index (χ1n) is 5.79. The highest BCUT2D eigenvalue weighted by atomic mass is 19.4. The summed E-state index contributed by atoms with van der Waals surface area (Å²) in [6, 6.07) is 5.97. The third-order valence-corrected chi connectivity index (χ3v) is 2.57. The van der Waals surface area contributed by atoms with Crippen LogP contribution >= 0.6 is 0 Å². The van der Waals surface area contributed by atoms with Crippen LogP contribution in [-0.4, -0.2) is 18.1 Å². The first kappa shape index (κ1) is 14.8. The molecule has 0 unspecified atom stereocenters. The fourth-order valence-electron chi connectivity index (χ4n) is 1.62. The van der Waals surface area contributed by atoms with Gasteiger partial charge in [-0.1, -0.05) is 0 Å². The lowest BCUT2D eigenvalue weighted by atomic mass is 10.1. The van der Waals surface area contributed by atoms with E-state index in [0.29, 0.717) is 6.07 Å². The average molecular weight is 297 g/mol. The third-order valence-electron chi connectivity index (χ3n) is 2.57. The molecule has 0 saturated heterocycles. The zero-order valence-electron chi connectivity index (χ0n) is 10.8. The number of hydrogen-bond acceptors (Lipinski definition) is 4.